The molecule has 4 rings (SSSR count). The molecule has 0 bridgehead atoms. The first-order valence-corrected chi connectivity index (χ1v) is 17.8. The molecule has 3 heterocycles. The fraction of sp³-hybridized carbons (Fsp3) is 0.879. The summed E-state index contributed by atoms with van der Waals surface area (Å²) in [6.45, 7) is 21.1. The molecule has 4 fully saturated rings. The van der Waals surface area contributed by atoms with Gasteiger partial charge in [-0.25, -0.2) is 5.01 Å². The minimum atomic E-state index is -0.276. The van der Waals surface area contributed by atoms with Gasteiger partial charge in [0.25, 0.3) is 0 Å². The molecular formula is C33H60BBrN5O2. The zero-order chi connectivity index (χ0) is 31.1. The van der Waals surface area contributed by atoms with Gasteiger partial charge in [-0.05, 0) is 62.8 Å². The van der Waals surface area contributed by atoms with Crippen LogP contribution in [0.15, 0.2) is 12.7 Å². The number of aliphatic hydroxyl groups excluding tert-OH is 1. The number of nitrogens with zero attached hydrogens (tertiary/aromatic N) is 2. The number of alkyl halides is 1. The van der Waals surface area contributed by atoms with Crippen LogP contribution in [0.25, 0.3) is 0 Å². The van der Waals surface area contributed by atoms with Crippen molar-refractivity contribution in [2.24, 2.45) is 29.6 Å². The molecule has 11 unspecified atom stereocenters. The molecule has 42 heavy (non-hydrogen) atoms. The van der Waals surface area contributed by atoms with Crippen LogP contribution in [0.2, 0.25) is 0 Å². The second kappa shape index (κ2) is 16.7. The standard InChI is InChI=1S/C29H54BrN5O2.C4H6B/c1-7-10-21-26-22(8-2)34(29(37)20-16-32-28(30)18(6)27(20)31-9-3)14-13-24(26)35(33-21)23-12-11-19(17(4)5)15-25(23)36;1-3-4(2)5/h17-28,31-33,36H,7-16H2,1-6H3;3H,1H2,2H3. The normalized spacial score (nSPS) is 38.9. The van der Waals surface area contributed by atoms with Gasteiger partial charge in [0.15, 0.2) is 0 Å². The molecule has 1 aliphatic carbocycles. The fourth-order valence-electron chi connectivity index (χ4n) is 8.21. The molecular weight excluding hydrogens is 589 g/mol. The summed E-state index contributed by atoms with van der Waals surface area (Å²) in [5.41, 5.74) is 4.70. The molecule has 1 radical (unpaired) electrons. The van der Waals surface area contributed by atoms with Crippen molar-refractivity contribution in [1.82, 2.24) is 26.0 Å². The van der Waals surface area contributed by atoms with Crippen LogP contribution in [0, 0.1) is 29.6 Å². The predicted molar refractivity (Wildman–Crippen MR) is 181 cm³/mol. The van der Waals surface area contributed by atoms with Gasteiger partial charge in [0, 0.05) is 43.2 Å². The van der Waals surface area contributed by atoms with Crippen molar-refractivity contribution < 1.29 is 9.90 Å². The number of halogens is 1. The van der Waals surface area contributed by atoms with Crippen molar-refractivity contribution in [2.45, 2.75) is 135 Å². The number of hydrogen-bond donors (Lipinski definition) is 4. The van der Waals surface area contributed by atoms with Crippen LogP contribution >= 0.6 is 15.9 Å². The van der Waals surface area contributed by atoms with Crippen LogP contribution in [-0.2, 0) is 4.79 Å². The molecule has 1 saturated carbocycles. The second-order valence-electron chi connectivity index (χ2n) is 13.6. The van der Waals surface area contributed by atoms with Gasteiger partial charge >= 0.3 is 32.5 Å². The van der Waals surface area contributed by atoms with Gasteiger partial charge in [-0.2, -0.15) is 0 Å². The SMILES string of the molecule is CCCC1NN(C2CCC(C(C)C)CC2O)C2CCN(C(=O)C3CNC(Br)C(C)C3NCC)C(CC)C12.[B]=C(C)C=C. The number of carbonyl (C=O) groups excluding carboxylic acids is 1. The Labute approximate surface area is 266 Å². The summed E-state index contributed by atoms with van der Waals surface area (Å²) in [6, 6.07) is 1.35. The molecule has 11 atom stereocenters. The summed E-state index contributed by atoms with van der Waals surface area (Å²) in [5, 5.41) is 20.9. The molecule has 1 amide bonds. The molecule has 4 aliphatic rings. The average molecular weight is 650 g/mol. The number of likely N-dealkylation sites (tertiary alicyclic amines) is 1. The zero-order valence-corrected chi connectivity index (χ0v) is 29.1. The van der Waals surface area contributed by atoms with E-state index in [1.54, 1.807) is 13.0 Å². The van der Waals surface area contributed by atoms with E-state index in [0.717, 1.165) is 57.1 Å². The first-order chi connectivity index (χ1) is 20.0. The quantitative estimate of drug-likeness (QED) is 0.170. The van der Waals surface area contributed by atoms with Crippen LogP contribution < -0.4 is 16.1 Å². The van der Waals surface area contributed by atoms with E-state index < -0.39 is 0 Å². The molecule has 0 spiro atoms. The molecule has 239 valence electrons. The third kappa shape index (κ3) is 8.17. The Kier molecular flexibility index (Phi) is 14.2. The number of aliphatic hydroxyl groups is 1. The Hall–Kier alpha value is -0.575. The molecule has 7 nitrogen and oxygen atoms in total. The molecule has 3 aliphatic heterocycles. The number of amides is 1. The van der Waals surface area contributed by atoms with Crippen molar-refractivity contribution >= 4 is 34.8 Å². The number of allylic oxidation sites excluding steroid dienone is 1. The van der Waals surface area contributed by atoms with Crippen molar-refractivity contribution in [3.8, 4) is 0 Å². The second-order valence-corrected chi connectivity index (χ2v) is 14.6. The summed E-state index contributed by atoms with van der Waals surface area (Å²) >= 11 is 3.77. The summed E-state index contributed by atoms with van der Waals surface area (Å²) in [6.07, 6.45) is 8.70. The van der Waals surface area contributed by atoms with E-state index in [1.165, 1.54) is 6.42 Å². The number of rotatable bonds is 9. The van der Waals surface area contributed by atoms with Crippen molar-refractivity contribution in [3.63, 3.8) is 0 Å². The maximum absolute atomic E-state index is 14.2. The molecule has 0 aromatic carbocycles. The maximum atomic E-state index is 14.2. The molecule has 3 saturated heterocycles. The van der Waals surface area contributed by atoms with Crippen LogP contribution in [0.1, 0.15) is 93.4 Å². The van der Waals surface area contributed by atoms with Gasteiger partial charge in [0.05, 0.1) is 23.0 Å². The third-order valence-electron chi connectivity index (χ3n) is 10.6. The van der Waals surface area contributed by atoms with Gasteiger partial charge in [0.2, 0.25) is 5.91 Å². The van der Waals surface area contributed by atoms with Crippen LogP contribution in [0.4, 0.5) is 0 Å². The number of fused-ring (bicyclic) bond motifs is 1. The summed E-state index contributed by atoms with van der Waals surface area (Å²) < 4.78 is 0. The van der Waals surface area contributed by atoms with Gasteiger partial charge in [-0.15, -0.1) is 0 Å². The average Bonchev–Trinajstić information content (AvgIpc) is 3.33. The van der Waals surface area contributed by atoms with E-state index in [1.807, 2.05) is 0 Å². The Morgan fingerprint density at radius 1 is 1.21 bits per heavy atom. The number of hydrogen-bond acceptors (Lipinski definition) is 6. The van der Waals surface area contributed by atoms with E-state index in [2.05, 4.69) is 90.0 Å². The van der Waals surface area contributed by atoms with E-state index in [-0.39, 0.29) is 35.1 Å². The Bertz CT molecular complexity index is 893. The third-order valence-corrected chi connectivity index (χ3v) is 11.7. The van der Waals surface area contributed by atoms with Gasteiger partial charge in [-0.3, -0.25) is 10.2 Å². The van der Waals surface area contributed by atoms with Crippen molar-refractivity contribution in [1.29, 1.82) is 0 Å². The summed E-state index contributed by atoms with van der Waals surface area (Å²) in [5.74, 6) is 2.27. The predicted octanol–water partition coefficient (Wildman–Crippen LogP) is 4.24. The van der Waals surface area contributed by atoms with Crippen LogP contribution in [0.3, 0.4) is 0 Å². The molecule has 0 aromatic rings. The van der Waals surface area contributed by atoms with E-state index in [0.29, 0.717) is 48.2 Å². The Morgan fingerprint density at radius 3 is 2.45 bits per heavy atom. The van der Waals surface area contributed by atoms with Crippen LogP contribution in [-0.4, -0.2) is 94.8 Å². The van der Waals surface area contributed by atoms with Crippen LogP contribution in [0.5, 0.6) is 0 Å². The molecule has 9 heteroatoms. The number of nitrogens with one attached hydrogen (secondary N) is 3. The van der Waals surface area contributed by atoms with Gasteiger partial charge in [-0.1, -0.05) is 63.9 Å². The Morgan fingerprint density at radius 2 is 1.90 bits per heavy atom. The fourth-order valence-corrected chi connectivity index (χ4v) is 8.73. The van der Waals surface area contributed by atoms with Gasteiger partial charge < -0.3 is 20.6 Å². The van der Waals surface area contributed by atoms with E-state index >= 15 is 0 Å². The van der Waals surface area contributed by atoms with Crippen molar-refractivity contribution in [2.75, 3.05) is 19.6 Å². The molecule has 0 aromatic heterocycles. The summed E-state index contributed by atoms with van der Waals surface area (Å²) in [4.78, 5) is 16.7. The monoisotopic (exact) mass is 648 g/mol. The Balaban J connectivity index is 0.000000892. The number of hydrazine groups is 1. The number of carbonyl (C=O) groups is 1. The first kappa shape index (κ1) is 35.9. The van der Waals surface area contributed by atoms with Gasteiger partial charge in [0.1, 0.15) is 0 Å². The topological polar surface area (TPSA) is 79.9 Å². The zero-order valence-electron chi connectivity index (χ0n) is 27.5. The van der Waals surface area contributed by atoms with E-state index in [4.69, 9.17) is 7.49 Å². The number of piperidine rings is 2. The first-order valence-electron chi connectivity index (χ1n) is 16.9. The van der Waals surface area contributed by atoms with Crippen molar-refractivity contribution in [3.05, 3.63) is 12.7 Å². The molecule has 4 N–H and O–H groups in total. The summed E-state index contributed by atoms with van der Waals surface area (Å²) in [7, 11) is 5.09. The minimum absolute atomic E-state index is 0.0439. The van der Waals surface area contributed by atoms with E-state index in [9.17, 15) is 9.90 Å².